The van der Waals surface area contributed by atoms with Gasteiger partial charge >= 0.3 is 0 Å². The highest BCUT2D eigenvalue weighted by molar-refractivity contribution is 5.39. The summed E-state index contributed by atoms with van der Waals surface area (Å²) in [4.78, 5) is 0. The van der Waals surface area contributed by atoms with Crippen molar-refractivity contribution in [3.8, 4) is 11.5 Å². The van der Waals surface area contributed by atoms with Crippen LogP contribution in [0.4, 0.5) is 0 Å². The smallest absolute Gasteiger partial charge is 0.161 e. The molecule has 2 N–H and O–H groups in total. The van der Waals surface area contributed by atoms with Crippen molar-refractivity contribution in [3.63, 3.8) is 0 Å². The molecule has 17 heavy (non-hydrogen) atoms. The van der Waals surface area contributed by atoms with Crippen molar-refractivity contribution in [1.82, 2.24) is 5.32 Å². The lowest BCUT2D eigenvalue weighted by Gasteiger charge is -2.11. The Hall–Kier alpha value is -1.26. The van der Waals surface area contributed by atoms with Crippen molar-refractivity contribution in [1.29, 1.82) is 0 Å². The summed E-state index contributed by atoms with van der Waals surface area (Å²) in [6.45, 7) is 4.89. The largest absolute Gasteiger partial charge is 0.490 e. The highest BCUT2D eigenvalue weighted by Crippen LogP contribution is 2.26. The minimum Gasteiger partial charge on any atom is -0.490 e. The van der Waals surface area contributed by atoms with E-state index in [2.05, 4.69) is 5.32 Å². The Morgan fingerprint density at radius 1 is 1.12 bits per heavy atom. The van der Waals surface area contributed by atoms with Gasteiger partial charge in [-0.15, -0.1) is 0 Å². The number of nitrogens with one attached hydrogen (secondary N) is 1. The van der Waals surface area contributed by atoms with Gasteiger partial charge in [-0.25, -0.2) is 0 Å². The van der Waals surface area contributed by atoms with Crippen LogP contribution in [0.15, 0.2) is 24.3 Å². The average Bonchev–Trinajstić information content (AvgIpc) is 2.36. The molecule has 0 saturated heterocycles. The van der Waals surface area contributed by atoms with E-state index >= 15 is 0 Å². The molecule has 0 atom stereocenters. The van der Waals surface area contributed by atoms with Gasteiger partial charge in [0.2, 0.25) is 0 Å². The molecular weight excluding hydrogens is 218 g/mol. The maximum absolute atomic E-state index is 8.59. The van der Waals surface area contributed by atoms with Crippen LogP contribution < -0.4 is 14.8 Å². The molecule has 1 rings (SSSR count). The number of hydrogen-bond donors (Lipinski definition) is 2. The molecule has 0 aliphatic heterocycles. The first-order valence-electron chi connectivity index (χ1n) is 6.04. The number of aliphatic hydroxyl groups is 1. The molecule has 0 heterocycles. The quantitative estimate of drug-likeness (QED) is 0.640. The summed E-state index contributed by atoms with van der Waals surface area (Å²) in [5.74, 6) is 1.58. The van der Waals surface area contributed by atoms with Crippen LogP contribution in [-0.2, 0) is 0 Å². The number of rotatable bonds is 9. The number of ether oxygens (including phenoxy) is 2. The zero-order valence-corrected chi connectivity index (χ0v) is 10.3. The van der Waals surface area contributed by atoms with Gasteiger partial charge in [-0.05, 0) is 32.0 Å². The first kappa shape index (κ1) is 13.8. The van der Waals surface area contributed by atoms with Crippen LogP contribution >= 0.6 is 0 Å². The van der Waals surface area contributed by atoms with Gasteiger partial charge in [0.15, 0.2) is 11.5 Å². The van der Waals surface area contributed by atoms with E-state index in [1.165, 1.54) is 0 Å². The molecule has 4 nitrogen and oxygen atoms in total. The molecule has 0 bridgehead atoms. The van der Waals surface area contributed by atoms with Crippen LogP contribution in [0.1, 0.15) is 13.3 Å². The summed E-state index contributed by atoms with van der Waals surface area (Å²) < 4.78 is 11.1. The van der Waals surface area contributed by atoms with Crippen LogP contribution in [0.2, 0.25) is 0 Å². The highest BCUT2D eigenvalue weighted by Gasteiger charge is 2.02. The predicted octanol–water partition coefficient (Wildman–Crippen LogP) is 1.44. The molecular formula is C13H21NO3. The van der Waals surface area contributed by atoms with Crippen LogP contribution in [0.5, 0.6) is 11.5 Å². The molecule has 0 aliphatic rings. The third-order valence-corrected chi connectivity index (χ3v) is 2.19. The normalized spacial score (nSPS) is 10.2. The fraction of sp³-hybridized carbons (Fsp3) is 0.538. The van der Waals surface area contributed by atoms with Crippen molar-refractivity contribution in [2.24, 2.45) is 0 Å². The van der Waals surface area contributed by atoms with Gasteiger partial charge in [0, 0.05) is 6.54 Å². The first-order chi connectivity index (χ1) is 8.38. The predicted molar refractivity (Wildman–Crippen MR) is 67.7 cm³/mol. The van der Waals surface area contributed by atoms with Crippen LogP contribution in [-0.4, -0.2) is 38.0 Å². The average molecular weight is 239 g/mol. The van der Waals surface area contributed by atoms with Crippen molar-refractivity contribution in [3.05, 3.63) is 24.3 Å². The van der Waals surface area contributed by atoms with Crippen molar-refractivity contribution < 1.29 is 14.6 Å². The summed E-state index contributed by atoms with van der Waals surface area (Å²) in [7, 11) is 0. The lowest BCUT2D eigenvalue weighted by Crippen LogP contribution is -2.20. The summed E-state index contributed by atoms with van der Waals surface area (Å²) >= 11 is 0. The molecule has 4 heteroatoms. The van der Waals surface area contributed by atoms with Gasteiger partial charge in [-0.2, -0.15) is 0 Å². The fourth-order valence-electron chi connectivity index (χ4n) is 1.43. The number of para-hydroxylation sites is 2. The molecule has 1 aromatic carbocycles. The second kappa shape index (κ2) is 8.84. The Morgan fingerprint density at radius 3 is 2.47 bits per heavy atom. The van der Waals surface area contributed by atoms with Crippen LogP contribution in [0.25, 0.3) is 0 Å². The fourth-order valence-corrected chi connectivity index (χ4v) is 1.43. The monoisotopic (exact) mass is 239 g/mol. The molecule has 0 spiro atoms. The zero-order chi connectivity index (χ0) is 12.3. The molecule has 1 aromatic rings. The van der Waals surface area contributed by atoms with Crippen molar-refractivity contribution in [2.45, 2.75) is 13.3 Å². The third kappa shape index (κ3) is 5.56. The Bertz CT molecular complexity index is 304. The second-order valence-electron chi connectivity index (χ2n) is 3.56. The van der Waals surface area contributed by atoms with E-state index in [9.17, 15) is 0 Å². The summed E-state index contributed by atoms with van der Waals surface area (Å²) in [5.41, 5.74) is 0. The molecule has 0 aliphatic carbocycles. The van der Waals surface area contributed by atoms with Crippen LogP contribution in [0.3, 0.4) is 0 Å². The van der Waals surface area contributed by atoms with Crippen LogP contribution in [0, 0.1) is 0 Å². The Labute approximate surface area is 103 Å². The van der Waals surface area contributed by atoms with E-state index in [4.69, 9.17) is 14.6 Å². The summed E-state index contributed by atoms with van der Waals surface area (Å²) in [6, 6.07) is 7.68. The van der Waals surface area contributed by atoms with Gasteiger partial charge in [0.05, 0.1) is 19.8 Å². The Morgan fingerprint density at radius 2 is 1.82 bits per heavy atom. The molecule has 0 unspecified atom stereocenters. The van der Waals surface area contributed by atoms with Crippen molar-refractivity contribution >= 4 is 0 Å². The Balaban J connectivity index is 2.25. The maximum atomic E-state index is 8.59. The first-order valence-corrected chi connectivity index (χ1v) is 6.04. The molecule has 0 radical (unpaired) electrons. The van der Waals surface area contributed by atoms with Gasteiger partial charge in [0.25, 0.3) is 0 Å². The van der Waals surface area contributed by atoms with E-state index in [1.54, 1.807) is 0 Å². The number of hydrogen-bond acceptors (Lipinski definition) is 4. The standard InChI is InChI=1S/C13H21NO3/c1-2-16-12-6-3-4-7-13(12)17-11-5-8-14-9-10-15/h3-4,6-7,14-15H,2,5,8-11H2,1H3. The molecule has 0 amide bonds. The third-order valence-electron chi connectivity index (χ3n) is 2.19. The van der Waals surface area contributed by atoms with E-state index in [0.29, 0.717) is 19.8 Å². The highest BCUT2D eigenvalue weighted by atomic mass is 16.5. The Kier molecular flexibility index (Phi) is 7.18. The van der Waals surface area contributed by atoms with Gasteiger partial charge in [-0.1, -0.05) is 12.1 Å². The molecule has 0 saturated carbocycles. The molecule has 0 fully saturated rings. The number of benzene rings is 1. The maximum Gasteiger partial charge on any atom is 0.161 e. The van der Waals surface area contributed by atoms with Gasteiger partial charge in [-0.3, -0.25) is 0 Å². The minimum atomic E-state index is 0.175. The van der Waals surface area contributed by atoms with E-state index in [0.717, 1.165) is 24.5 Å². The van der Waals surface area contributed by atoms with E-state index in [1.807, 2.05) is 31.2 Å². The van der Waals surface area contributed by atoms with Gasteiger partial charge < -0.3 is 19.9 Å². The second-order valence-corrected chi connectivity index (χ2v) is 3.56. The molecule has 0 aromatic heterocycles. The molecule has 96 valence electrons. The lowest BCUT2D eigenvalue weighted by atomic mass is 10.3. The van der Waals surface area contributed by atoms with E-state index in [-0.39, 0.29) is 6.61 Å². The lowest BCUT2D eigenvalue weighted by molar-refractivity contribution is 0.266. The summed E-state index contributed by atoms with van der Waals surface area (Å²) in [5, 5.41) is 11.7. The summed E-state index contributed by atoms with van der Waals surface area (Å²) in [6.07, 6.45) is 0.903. The minimum absolute atomic E-state index is 0.175. The number of aliphatic hydroxyl groups excluding tert-OH is 1. The van der Waals surface area contributed by atoms with E-state index < -0.39 is 0 Å². The van der Waals surface area contributed by atoms with Gasteiger partial charge in [0.1, 0.15) is 0 Å². The topological polar surface area (TPSA) is 50.7 Å². The van der Waals surface area contributed by atoms with Crippen molar-refractivity contribution in [2.75, 3.05) is 32.9 Å². The zero-order valence-electron chi connectivity index (χ0n) is 10.3. The SMILES string of the molecule is CCOc1ccccc1OCCCNCCO.